The smallest absolute Gasteiger partial charge is 0.276 e. The maximum atomic E-state index is 13.0. The number of amides is 2. The summed E-state index contributed by atoms with van der Waals surface area (Å²) >= 11 is 1.27. The Morgan fingerprint density at radius 2 is 1.94 bits per heavy atom. The second kappa shape index (κ2) is 9.35. The molecule has 0 spiro atoms. The van der Waals surface area contributed by atoms with Crippen LogP contribution in [0.3, 0.4) is 0 Å². The summed E-state index contributed by atoms with van der Waals surface area (Å²) in [4.78, 5) is 28.7. The van der Waals surface area contributed by atoms with E-state index in [1.165, 1.54) is 17.3 Å². The molecule has 1 unspecified atom stereocenters. The Labute approximate surface area is 191 Å². The predicted molar refractivity (Wildman–Crippen MR) is 127 cm³/mol. The van der Waals surface area contributed by atoms with Gasteiger partial charge in [-0.2, -0.15) is 5.10 Å². The molecule has 0 saturated heterocycles. The second-order valence-corrected chi connectivity index (χ2v) is 8.34. The van der Waals surface area contributed by atoms with Gasteiger partial charge in [-0.15, -0.1) is 0 Å². The Morgan fingerprint density at radius 3 is 2.66 bits per heavy atom. The molecule has 166 valence electrons. The number of fused-ring (bicyclic) bond motifs is 1. The number of hydrogen-bond acceptors (Lipinski definition) is 7. The molecule has 8 nitrogen and oxygen atoms in total. The highest BCUT2D eigenvalue weighted by Gasteiger charge is 2.38. The van der Waals surface area contributed by atoms with Crippen LogP contribution in [0.4, 0.5) is 11.4 Å². The number of nitrogens with zero attached hydrogens (tertiary/aromatic N) is 3. The summed E-state index contributed by atoms with van der Waals surface area (Å²) in [7, 11) is 0. The van der Waals surface area contributed by atoms with Crippen molar-refractivity contribution in [3.63, 3.8) is 0 Å². The van der Waals surface area contributed by atoms with Gasteiger partial charge in [0.05, 0.1) is 12.4 Å². The van der Waals surface area contributed by atoms with Gasteiger partial charge in [-0.3, -0.25) is 24.8 Å². The van der Waals surface area contributed by atoms with E-state index in [4.69, 9.17) is 4.74 Å². The lowest BCUT2D eigenvalue weighted by molar-refractivity contribution is -0.122. The predicted octanol–water partition coefficient (Wildman–Crippen LogP) is 3.39. The molecule has 2 amide bonds. The third-order valence-electron chi connectivity index (χ3n) is 5.18. The molecule has 4 rings (SSSR count). The molecule has 1 atom stereocenters. The largest absolute Gasteiger partial charge is 0.494 e. The second-order valence-electron chi connectivity index (χ2n) is 7.40. The van der Waals surface area contributed by atoms with Gasteiger partial charge in [0, 0.05) is 23.8 Å². The van der Waals surface area contributed by atoms with E-state index in [1.54, 1.807) is 22.2 Å². The summed E-state index contributed by atoms with van der Waals surface area (Å²) in [5.74, 6) is 0.649. The molecule has 2 heterocycles. The molecule has 2 aliphatic rings. The highest BCUT2D eigenvalue weighted by atomic mass is 32.2. The van der Waals surface area contributed by atoms with E-state index >= 15 is 0 Å². The van der Waals surface area contributed by atoms with Gasteiger partial charge in [0.25, 0.3) is 5.91 Å². The zero-order valence-electron chi connectivity index (χ0n) is 18.2. The number of carbonyl (C=O) groups is 2. The molecule has 32 heavy (non-hydrogen) atoms. The average Bonchev–Trinajstić information content (AvgIpc) is 3.20. The van der Waals surface area contributed by atoms with E-state index in [0.717, 1.165) is 22.7 Å². The van der Waals surface area contributed by atoms with Crippen LogP contribution in [0.15, 0.2) is 60.0 Å². The van der Waals surface area contributed by atoms with Gasteiger partial charge in [-0.1, -0.05) is 17.8 Å². The van der Waals surface area contributed by atoms with Crippen molar-refractivity contribution in [1.29, 1.82) is 0 Å². The van der Waals surface area contributed by atoms with Crippen LogP contribution >= 0.6 is 11.8 Å². The molecule has 2 aromatic rings. The number of ether oxygens (including phenoxy) is 1. The number of anilines is 2. The summed E-state index contributed by atoms with van der Waals surface area (Å²) in [6, 6.07) is 13.2. The minimum absolute atomic E-state index is 0.132. The Balaban J connectivity index is 1.36. The fourth-order valence-corrected chi connectivity index (χ4v) is 4.12. The van der Waals surface area contributed by atoms with Crippen LogP contribution in [0.25, 0.3) is 0 Å². The quantitative estimate of drug-likeness (QED) is 0.700. The molecule has 2 N–H and O–H groups in total. The number of hydrogen-bond donors (Lipinski definition) is 2. The van der Waals surface area contributed by atoms with E-state index < -0.39 is 6.17 Å². The molecule has 2 aromatic carbocycles. The van der Waals surface area contributed by atoms with Crippen LogP contribution in [-0.4, -0.2) is 40.4 Å². The van der Waals surface area contributed by atoms with Crippen LogP contribution in [-0.2, 0) is 9.59 Å². The first-order chi connectivity index (χ1) is 15.5. The first-order valence-corrected chi connectivity index (χ1v) is 11.3. The van der Waals surface area contributed by atoms with E-state index in [9.17, 15) is 9.59 Å². The van der Waals surface area contributed by atoms with Crippen molar-refractivity contribution in [2.45, 2.75) is 26.9 Å². The van der Waals surface area contributed by atoms with Crippen molar-refractivity contribution < 1.29 is 14.3 Å². The molecule has 0 saturated carbocycles. The zero-order chi connectivity index (χ0) is 22.7. The van der Waals surface area contributed by atoms with Gasteiger partial charge >= 0.3 is 0 Å². The van der Waals surface area contributed by atoms with E-state index in [-0.39, 0.29) is 17.6 Å². The molecule has 0 bridgehead atoms. The molecule has 0 aliphatic carbocycles. The lowest BCUT2D eigenvalue weighted by atomic mass is 10.1. The fourth-order valence-electron chi connectivity index (χ4n) is 3.35. The standard InChI is InChI=1S/C23H25N5O3S/c1-4-31-19-9-7-18(8-10-19)27-11-12-28-21(22(27)30)25-26-23(28)32-14-20(29)24-17-6-5-15(2)16(3)13-17/h5-13,21,25H,4,14H2,1-3H3,(H,24,29). The van der Waals surface area contributed by atoms with Crippen molar-refractivity contribution in [3.05, 3.63) is 66.0 Å². The number of benzene rings is 2. The van der Waals surface area contributed by atoms with Crippen LogP contribution in [0.1, 0.15) is 18.1 Å². The summed E-state index contributed by atoms with van der Waals surface area (Å²) in [6.07, 6.45) is 2.85. The lowest BCUT2D eigenvalue weighted by Crippen LogP contribution is -2.52. The highest BCUT2D eigenvalue weighted by molar-refractivity contribution is 8.14. The van der Waals surface area contributed by atoms with Crippen LogP contribution in [0.2, 0.25) is 0 Å². The SMILES string of the molecule is CCOc1ccc(N2C=CN3C(SCC(=O)Nc4ccc(C)c(C)c4)=NNC3C2=O)cc1. The van der Waals surface area contributed by atoms with Gasteiger partial charge in [-0.05, 0) is 68.3 Å². The van der Waals surface area contributed by atoms with Crippen LogP contribution < -0.4 is 20.4 Å². The number of thioether (sulfide) groups is 1. The normalized spacial score (nSPS) is 17.0. The monoisotopic (exact) mass is 451 g/mol. The first-order valence-electron chi connectivity index (χ1n) is 10.3. The Hall–Kier alpha value is -3.46. The molecule has 0 radical (unpaired) electrons. The summed E-state index contributed by atoms with van der Waals surface area (Å²) < 4.78 is 5.46. The Bertz CT molecular complexity index is 1080. The lowest BCUT2D eigenvalue weighted by Gasteiger charge is -2.31. The first kappa shape index (κ1) is 21.8. The van der Waals surface area contributed by atoms with Crippen molar-refractivity contribution in [1.82, 2.24) is 10.3 Å². The maximum absolute atomic E-state index is 13.0. The third kappa shape index (κ3) is 4.57. The zero-order valence-corrected chi connectivity index (χ0v) is 19.0. The minimum atomic E-state index is -0.642. The van der Waals surface area contributed by atoms with Crippen molar-refractivity contribution in [3.8, 4) is 5.75 Å². The number of nitrogens with one attached hydrogen (secondary N) is 2. The van der Waals surface area contributed by atoms with Gasteiger partial charge < -0.3 is 10.1 Å². The van der Waals surface area contributed by atoms with Crippen molar-refractivity contribution in [2.75, 3.05) is 22.6 Å². The third-order valence-corrected chi connectivity index (χ3v) is 6.14. The van der Waals surface area contributed by atoms with Crippen LogP contribution in [0, 0.1) is 13.8 Å². The molecule has 0 aromatic heterocycles. The Kier molecular flexibility index (Phi) is 6.36. The molecule has 9 heteroatoms. The number of amidine groups is 1. The summed E-state index contributed by atoms with van der Waals surface area (Å²) in [5, 5.41) is 7.73. The van der Waals surface area contributed by atoms with E-state index in [0.29, 0.717) is 11.8 Å². The Morgan fingerprint density at radius 1 is 1.16 bits per heavy atom. The summed E-state index contributed by atoms with van der Waals surface area (Å²) in [5.41, 5.74) is 6.68. The van der Waals surface area contributed by atoms with Gasteiger partial charge in [0.1, 0.15) is 5.75 Å². The van der Waals surface area contributed by atoms with Gasteiger partial charge in [0.2, 0.25) is 12.1 Å². The van der Waals surface area contributed by atoms with Gasteiger partial charge in [-0.25, -0.2) is 0 Å². The maximum Gasteiger partial charge on any atom is 0.276 e. The molecule has 0 fully saturated rings. The van der Waals surface area contributed by atoms with Crippen molar-refractivity contribution in [2.24, 2.45) is 5.10 Å². The number of hydrazone groups is 1. The van der Waals surface area contributed by atoms with E-state index in [1.807, 2.05) is 63.2 Å². The highest BCUT2D eigenvalue weighted by Crippen LogP contribution is 2.27. The number of rotatable bonds is 6. The summed E-state index contributed by atoms with van der Waals surface area (Å²) in [6.45, 7) is 6.55. The number of aryl methyl sites for hydroxylation is 2. The van der Waals surface area contributed by atoms with E-state index in [2.05, 4.69) is 15.8 Å². The van der Waals surface area contributed by atoms with Crippen molar-refractivity contribution >= 4 is 40.1 Å². The molecular weight excluding hydrogens is 426 g/mol. The topological polar surface area (TPSA) is 86.3 Å². The van der Waals surface area contributed by atoms with Gasteiger partial charge in [0.15, 0.2) is 5.17 Å². The fraction of sp³-hybridized carbons (Fsp3) is 0.261. The van der Waals surface area contributed by atoms with Crippen LogP contribution in [0.5, 0.6) is 5.75 Å². The average molecular weight is 452 g/mol. The molecule has 2 aliphatic heterocycles. The minimum Gasteiger partial charge on any atom is -0.494 e. The molecular formula is C23H25N5O3S. The number of carbonyl (C=O) groups excluding carboxylic acids is 2.